The first-order chi connectivity index (χ1) is 12.9. The van der Waals surface area contributed by atoms with Gasteiger partial charge in [0, 0.05) is 17.2 Å². The van der Waals surface area contributed by atoms with Crippen molar-refractivity contribution in [3.63, 3.8) is 0 Å². The van der Waals surface area contributed by atoms with E-state index in [1.165, 1.54) is 18.2 Å². The van der Waals surface area contributed by atoms with Crippen molar-refractivity contribution in [2.75, 3.05) is 11.9 Å². The Morgan fingerprint density at radius 1 is 1.15 bits per heavy atom. The second kappa shape index (κ2) is 8.43. The van der Waals surface area contributed by atoms with Crippen LogP contribution in [-0.4, -0.2) is 23.5 Å². The summed E-state index contributed by atoms with van der Waals surface area (Å²) < 4.78 is 10.3. The molecule has 0 aliphatic heterocycles. The average molecular weight is 426 g/mol. The van der Waals surface area contributed by atoms with Gasteiger partial charge in [-0.15, -0.1) is 0 Å². The van der Waals surface area contributed by atoms with Crippen LogP contribution >= 0.6 is 34.8 Å². The summed E-state index contributed by atoms with van der Waals surface area (Å²) in [6.07, 6.45) is 2.47. The van der Waals surface area contributed by atoms with Crippen molar-refractivity contribution in [3.8, 4) is 0 Å². The zero-order valence-electron chi connectivity index (χ0n) is 13.5. The SMILES string of the molecule is O=C(COC(=O)/C=C/c1nc2ccccc2o1)Nc1c(Cl)cc(Cl)cc1Cl. The van der Waals surface area contributed by atoms with Crippen LogP contribution in [0.5, 0.6) is 0 Å². The second-order valence-electron chi connectivity index (χ2n) is 5.25. The number of aromatic nitrogens is 1. The topological polar surface area (TPSA) is 81.4 Å². The molecule has 3 aromatic rings. The summed E-state index contributed by atoms with van der Waals surface area (Å²) in [7, 11) is 0. The number of nitrogens with zero attached hydrogens (tertiary/aromatic N) is 1. The number of carbonyl (C=O) groups is 2. The highest BCUT2D eigenvalue weighted by atomic mass is 35.5. The van der Waals surface area contributed by atoms with Crippen LogP contribution in [0.15, 0.2) is 46.9 Å². The summed E-state index contributed by atoms with van der Waals surface area (Å²) in [5.74, 6) is -1.09. The van der Waals surface area contributed by atoms with Crippen LogP contribution in [0.1, 0.15) is 5.89 Å². The lowest BCUT2D eigenvalue weighted by Gasteiger charge is -2.09. The average Bonchev–Trinajstić information content (AvgIpc) is 3.04. The lowest BCUT2D eigenvalue weighted by Crippen LogP contribution is -2.20. The summed E-state index contributed by atoms with van der Waals surface area (Å²) in [5, 5.41) is 3.13. The number of nitrogens with one attached hydrogen (secondary N) is 1. The highest BCUT2D eigenvalue weighted by Crippen LogP contribution is 2.33. The van der Waals surface area contributed by atoms with Gasteiger partial charge in [0.2, 0.25) is 5.89 Å². The molecule has 0 fully saturated rings. The Bertz CT molecular complexity index is 990. The number of anilines is 1. The first kappa shape index (κ1) is 19.2. The number of rotatable bonds is 5. The Labute approximate surface area is 168 Å². The van der Waals surface area contributed by atoms with E-state index in [9.17, 15) is 9.59 Å². The number of hydrogen-bond donors (Lipinski definition) is 1. The fourth-order valence-electron chi connectivity index (χ4n) is 2.12. The van der Waals surface area contributed by atoms with Gasteiger partial charge >= 0.3 is 5.97 Å². The standard InChI is InChI=1S/C18H11Cl3N2O4/c19-10-7-11(20)18(12(21)8-10)23-15(24)9-26-17(25)6-5-16-22-13-3-1-2-4-14(13)27-16/h1-8H,9H2,(H,23,24)/b6-5+. The predicted octanol–water partition coefficient (Wildman–Crippen LogP) is 4.98. The van der Waals surface area contributed by atoms with Crippen LogP contribution in [0.3, 0.4) is 0 Å². The minimum absolute atomic E-state index is 0.169. The zero-order valence-corrected chi connectivity index (χ0v) is 15.8. The second-order valence-corrected chi connectivity index (χ2v) is 6.50. The molecule has 1 heterocycles. The molecule has 0 aliphatic carbocycles. The van der Waals surface area contributed by atoms with Gasteiger partial charge in [0.15, 0.2) is 12.2 Å². The third kappa shape index (κ3) is 5.01. The molecule has 27 heavy (non-hydrogen) atoms. The Morgan fingerprint density at radius 3 is 2.56 bits per heavy atom. The van der Waals surface area contributed by atoms with Gasteiger partial charge in [-0.2, -0.15) is 0 Å². The third-order valence-corrected chi connectivity index (χ3v) is 4.10. The van der Waals surface area contributed by atoms with Crippen LogP contribution in [0.2, 0.25) is 15.1 Å². The number of fused-ring (bicyclic) bond motifs is 1. The van der Waals surface area contributed by atoms with Crippen molar-refractivity contribution >= 4 is 69.5 Å². The molecule has 3 rings (SSSR count). The van der Waals surface area contributed by atoms with Crippen molar-refractivity contribution < 1.29 is 18.7 Å². The Balaban J connectivity index is 1.55. The molecule has 1 aromatic heterocycles. The molecule has 2 aromatic carbocycles. The largest absolute Gasteiger partial charge is 0.452 e. The lowest BCUT2D eigenvalue weighted by molar-refractivity contribution is -0.142. The normalized spacial score (nSPS) is 11.1. The van der Waals surface area contributed by atoms with Crippen LogP contribution < -0.4 is 5.32 Å². The van der Waals surface area contributed by atoms with Crippen LogP contribution in [-0.2, 0) is 14.3 Å². The predicted molar refractivity (Wildman–Crippen MR) is 104 cm³/mol. The van der Waals surface area contributed by atoms with Gasteiger partial charge in [-0.3, -0.25) is 4.79 Å². The van der Waals surface area contributed by atoms with Crippen LogP contribution in [0.25, 0.3) is 17.2 Å². The van der Waals surface area contributed by atoms with Gasteiger partial charge in [-0.1, -0.05) is 46.9 Å². The summed E-state index contributed by atoms with van der Waals surface area (Å²) in [6, 6.07) is 10.0. The van der Waals surface area contributed by atoms with E-state index in [1.54, 1.807) is 12.1 Å². The smallest absolute Gasteiger partial charge is 0.331 e. The van der Waals surface area contributed by atoms with Crippen molar-refractivity contribution in [2.24, 2.45) is 0 Å². The molecule has 0 saturated carbocycles. The molecule has 0 spiro atoms. The molecule has 0 unspecified atom stereocenters. The minimum atomic E-state index is -0.735. The van der Waals surface area contributed by atoms with Gasteiger partial charge in [-0.25, -0.2) is 9.78 Å². The molecule has 1 amide bonds. The van der Waals surface area contributed by atoms with E-state index in [0.29, 0.717) is 16.1 Å². The summed E-state index contributed by atoms with van der Waals surface area (Å²) in [5.41, 5.74) is 1.45. The lowest BCUT2D eigenvalue weighted by atomic mass is 10.3. The minimum Gasteiger partial charge on any atom is -0.452 e. The highest BCUT2D eigenvalue weighted by molar-refractivity contribution is 6.42. The van der Waals surface area contributed by atoms with Crippen LogP contribution in [0.4, 0.5) is 5.69 Å². The Morgan fingerprint density at radius 2 is 1.85 bits per heavy atom. The molecule has 0 aliphatic rings. The number of benzene rings is 2. The Hall–Kier alpha value is -2.54. The van der Waals surface area contributed by atoms with Crippen molar-refractivity contribution in [2.45, 2.75) is 0 Å². The molecule has 138 valence electrons. The van der Waals surface area contributed by atoms with Crippen molar-refractivity contribution in [3.05, 3.63) is 63.4 Å². The first-order valence-electron chi connectivity index (χ1n) is 7.57. The molecular formula is C18H11Cl3N2O4. The van der Waals surface area contributed by atoms with Gasteiger partial charge in [-0.05, 0) is 24.3 Å². The molecule has 0 radical (unpaired) electrons. The van der Waals surface area contributed by atoms with E-state index in [2.05, 4.69) is 10.3 Å². The third-order valence-electron chi connectivity index (χ3n) is 3.29. The molecular weight excluding hydrogens is 415 g/mol. The quantitative estimate of drug-likeness (QED) is 0.460. The van der Waals surface area contributed by atoms with Gasteiger partial charge < -0.3 is 14.5 Å². The van der Waals surface area contributed by atoms with Crippen molar-refractivity contribution in [1.82, 2.24) is 4.98 Å². The van der Waals surface area contributed by atoms with E-state index in [0.717, 1.165) is 6.08 Å². The number of oxazole rings is 1. The highest BCUT2D eigenvalue weighted by Gasteiger charge is 2.12. The molecule has 1 N–H and O–H groups in total. The fraction of sp³-hybridized carbons (Fsp3) is 0.0556. The molecule has 0 atom stereocenters. The van der Waals surface area contributed by atoms with Gasteiger partial charge in [0.1, 0.15) is 5.52 Å². The summed E-state index contributed by atoms with van der Waals surface area (Å²) in [6.45, 7) is -0.522. The number of ether oxygens (including phenoxy) is 1. The molecule has 9 heteroatoms. The van der Waals surface area contributed by atoms with E-state index in [-0.39, 0.29) is 21.6 Å². The number of hydrogen-bond acceptors (Lipinski definition) is 5. The van der Waals surface area contributed by atoms with Gasteiger partial charge in [0.05, 0.1) is 15.7 Å². The first-order valence-corrected chi connectivity index (χ1v) is 8.70. The van der Waals surface area contributed by atoms with E-state index in [4.69, 9.17) is 44.0 Å². The molecule has 6 nitrogen and oxygen atoms in total. The maximum Gasteiger partial charge on any atom is 0.331 e. The summed E-state index contributed by atoms with van der Waals surface area (Å²) in [4.78, 5) is 27.8. The molecule has 0 bridgehead atoms. The monoisotopic (exact) mass is 424 g/mol. The maximum atomic E-state index is 11.9. The number of esters is 1. The van der Waals surface area contributed by atoms with Crippen LogP contribution in [0, 0.1) is 0 Å². The van der Waals surface area contributed by atoms with E-state index < -0.39 is 18.5 Å². The van der Waals surface area contributed by atoms with Crippen molar-refractivity contribution in [1.29, 1.82) is 0 Å². The number of amides is 1. The number of carbonyl (C=O) groups excluding carboxylic acids is 2. The molecule has 0 saturated heterocycles. The number of para-hydroxylation sites is 2. The van der Waals surface area contributed by atoms with E-state index in [1.807, 2.05) is 12.1 Å². The Kier molecular flexibility index (Phi) is 6.01. The summed E-state index contributed by atoms with van der Waals surface area (Å²) >= 11 is 17.7. The zero-order chi connectivity index (χ0) is 19.4. The number of halogens is 3. The van der Waals surface area contributed by atoms with Gasteiger partial charge in [0.25, 0.3) is 5.91 Å². The fourth-order valence-corrected chi connectivity index (χ4v) is 3.03. The van der Waals surface area contributed by atoms with E-state index >= 15 is 0 Å². The maximum absolute atomic E-state index is 11.9.